The highest BCUT2D eigenvalue weighted by atomic mass is 16.4. The van der Waals surface area contributed by atoms with Crippen LogP contribution in [0.3, 0.4) is 0 Å². The number of aliphatic carboxylic acids is 1. The first-order valence-corrected chi connectivity index (χ1v) is 3.35. The van der Waals surface area contributed by atoms with Gasteiger partial charge in [-0.05, 0) is 6.07 Å². The van der Waals surface area contributed by atoms with Gasteiger partial charge in [0.15, 0.2) is 0 Å². The number of carboxylic acid groups (broad SMARTS) is 1. The number of nitrogens with one attached hydrogen (secondary N) is 1. The van der Waals surface area contributed by atoms with Gasteiger partial charge >= 0.3 is 5.97 Å². The summed E-state index contributed by atoms with van der Waals surface area (Å²) in [5.74, 6) is -0.461. The molecule has 0 aliphatic heterocycles. The van der Waals surface area contributed by atoms with Crippen LogP contribution in [-0.4, -0.2) is 22.6 Å². The van der Waals surface area contributed by atoms with Gasteiger partial charge in [-0.1, -0.05) is 0 Å². The summed E-state index contributed by atoms with van der Waals surface area (Å²) in [4.78, 5) is 14.0. The van der Waals surface area contributed by atoms with E-state index in [4.69, 9.17) is 10.8 Å². The zero-order chi connectivity index (χ0) is 8.97. The Bertz CT molecular complexity index is 288. The monoisotopic (exact) mass is 167 g/mol. The highest BCUT2D eigenvalue weighted by Gasteiger charge is 1.97. The highest BCUT2D eigenvalue weighted by Crippen LogP contribution is 2.06. The molecule has 5 heteroatoms. The van der Waals surface area contributed by atoms with Gasteiger partial charge in [-0.2, -0.15) is 0 Å². The van der Waals surface area contributed by atoms with Gasteiger partial charge in [0.25, 0.3) is 0 Å². The predicted molar refractivity (Wildman–Crippen MR) is 44.8 cm³/mol. The number of nitrogens with two attached hydrogens (primary N) is 1. The van der Waals surface area contributed by atoms with Crippen molar-refractivity contribution in [1.82, 2.24) is 4.98 Å². The predicted octanol–water partition coefficient (Wildman–Crippen LogP) is 0.160. The van der Waals surface area contributed by atoms with Gasteiger partial charge in [0.05, 0.1) is 0 Å². The number of rotatable bonds is 3. The number of nitrogen functional groups attached to an aromatic ring is 1. The summed E-state index contributed by atoms with van der Waals surface area (Å²) < 4.78 is 0. The van der Waals surface area contributed by atoms with Crippen molar-refractivity contribution in [1.29, 1.82) is 0 Å². The second kappa shape index (κ2) is 3.56. The molecule has 12 heavy (non-hydrogen) atoms. The van der Waals surface area contributed by atoms with E-state index in [0.29, 0.717) is 11.5 Å². The lowest BCUT2D eigenvalue weighted by atomic mass is 10.4. The molecule has 1 aromatic rings. The van der Waals surface area contributed by atoms with Crippen LogP contribution in [0.15, 0.2) is 18.3 Å². The van der Waals surface area contributed by atoms with Crippen molar-refractivity contribution in [3.05, 3.63) is 18.3 Å². The highest BCUT2D eigenvalue weighted by molar-refractivity contribution is 5.72. The largest absolute Gasteiger partial charge is 0.480 e. The summed E-state index contributed by atoms with van der Waals surface area (Å²) >= 11 is 0. The molecule has 0 aliphatic rings. The molecule has 0 bridgehead atoms. The molecule has 64 valence electrons. The third-order valence-electron chi connectivity index (χ3n) is 1.20. The van der Waals surface area contributed by atoms with E-state index in [0.717, 1.165) is 0 Å². The molecule has 1 heterocycles. The Morgan fingerprint density at radius 1 is 1.75 bits per heavy atom. The van der Waals surface area contributed by atoms with E-state index in [1.165, 1.54) is 6.20 Å². The van der Waals surface area contributed by atoms with Gasteiger partial charge < -0.3 is 16.2 Å². The molecule has 0 amide bonds. The van der Waals surface area contributed by atoms with Crippen LogP contribution in [-0.2, 0) is 4.79 Å². The average Bonchev–Trinajstić information content (AvgIpc) is 2.01. The van der Waals surface area contributed by atoms with Crippen LogP contribution in [0.25, 0.3) is 0 Å². The Hall–Kier alpha value is -1.78. The Kier molecular flexibility index (Phi) is 2.47. The van der Waals surface area contributed by atoms with E-state index < -0.39 is 5.97 Å². The fourth-order valence-corrected chi connectivity index (χ4v) is 0.710. The Morgan fingerprint density at radius 3 is 3.08 bits per heavy atom. The molecular formula is C7H9N3O2. The lowest BCUT2D eigenvalue weighted by molar-refractivity contribution is -0.134. The van der Waals surface area contributed by atoms with Gasteiger partial charge in [0, 0.05) is 18.0 Å². The lowest BCUT2D eigenvalue weighted by Gasteiger charge is -2.01. The van der Waals surface area contributed by atoms with Crippen LogP contribution in [0, 0.1) is 0 Å². The molecular weight excluding hydrogens is 158 g/mol. The van der Waals surface area contributed by atoms with Gasteiger partial charge in [-0.3, -0.25) is 4.79 Å². The number of carboxylic acids is 1. The molecule has 0 fully saturated rings. The zero-order valence-electron chi connectivity index (χ0n) is 6.32. The standard InChI is InChI=1S/C7H9N3O2/c8-5-1-2-9-6(3-5)10-4-7(11)12/h1-3H,4H2,(H,11,12)(H3,8,9,10). The molecule has 0 spiro atoms. The second-order valence-corrected chi connectivity index (χ2v) is 2.22. The third-order valence-corrected chi connectivity index (χ3v) is 1.20. The summed E-state index contributed by atoms with van der Waals surface area (Å²) in [6, 6.07) is 3.20. The normalized spacial score (nSPS) is 9.33. The first-order valence-electron chi connectivity index (χ1n) is 3.35. The number of hydrogen-bond donors (Lipinski definition) is 3. The molecule has 1 aromatic heterocycles. The molecule has 0 unspecified atom stereocenters. The summed E-state index contributed by atoms with van der Waals surface area (Å²) in [5.41, 5.74) is 5.99. The van der Waals surface area contributed by atoms with Crippen LogP contribution < -0.4 is 11.1 Å². The van der Waals surface area contributed by atoms with Crippen molar-refractivity contribution >= 4 is 17.5 Å². The summed E-state index contributed by atoms with van der Waals surface area (Å²) in [5, 5.41) is 10.9. The number of hydrogen-bond acceptors (Lipinski definition) is 4. The smallest absolute Gasteiger partial charge is 0.322 e. The van der Waals surface area contributed by atoms with Crippen LogP contribution >= 0.6 is 0 Å². The van der Waals surface area contributed by atoms with E-state index in [1.54, 1.807) is 12.1 Å². The number of pyridine rings is 1. The van der Waals surface area contributed by atoms with Gasteiger partial charge in [-0.25, -0.2) is 4.98 Å². The van der Waals surface area contributed by atoms with E-state index >= 15 is 0 Å². The van der Waals surface area contributed by atoms with E-state index in [1.807, 2.05) is 0 Å². The number of carbonyl (C=O) groups is 1. The fourth-order valence-electron chi connectivity index (χ4n) is 0.710. The van der Waals surface area contributed by atoms with Crippen molar-refractivity contribution in [3.63, 3.8) is 0 Å². The Balaban J connectivity index is 2.57. The first-order chi connectivity index (χ1) is 5.68. The summed E-state index contributed by atoms with van der Waals surface area (Å²) in [7, 11) is 0. The first kappa shape index (κ1) is 8.32. The van der Waals surface area contributed by atoms with Crippen LogP contribution in [0.5, 0.6) is 0 Å². The minimum Gasteiger partial charge on any atom is -0.480 e. The van der Waals surface area contributed by atoms with Crippen molar-refractivity contribution in [3.8, 4) is 0 Å². The molecule has 0 saturated heterocycles. The number of nitrogens with zero attached hydrogens (tertiary/aromatic N) is 1. The molecule has 0 saturated carbocycles. The molecule has 0 aliphatic carbocycles. The molecule has 0 aromatic carbocycles. The number of aromatic nitrogens is 1. The minimum atomic E-state index is -0.931. The number of anilines is 2. The second-order valence-electron chi connectivity index (χ2n) is 2.22. The maximum Gasteiger partial charge on any atom is 0.322 e. The van der Waals surface area contributed by atoms with Crippen LogP contribution in [0.4, 0.5) is 11.5 Å². The molecule has 0 atom stereocenters. The van der Waals surface area contributed by atoms with E-state index in [-0.39, 0.29) is 6.54 Å². The zero-order valence-corrected chi connectivity index (χ0v) is 6.32. The molecule has 5 nitrogen and oxygen atoms in total. The maximum absolute atomic E-state index is 10.1. The van der Waals surface area contributed by atoms with Crippen LogP contribution in [0.1, 0.15) is 0 Å². The fraction of sp³-hybridized carbons (Fsp3) is 0.143. The molecule has 1 rings (SSSR count). The van der Waals surface area contributed by atoms with Crippen molar-refractivity contribution in [2.24, 2.45) is 0 Å². The van der Waals surface area contributed by atoms with Crippen LogP contribution in [0.2, 0.25) is 0 Å². The average molecular weight is 167 g/mol. The third kappa shape index (κ3) is 2.45. The molecule has 0 radical (unpaired) electrons. The maximum atomic E-state index is 10.1. The Labute approximate surface area is 69.2 Å². The van der Waals surface area contributed by atoms with Crippen molar-refractivity contribution in [2.75, 3.05) is 17.6 Å². The van der Waals surface area contributed by atoms with Gasteiger partial charge in [0.1, 0.15) is 12.4 Å². The SMILES string of the molecule is Nc1ccnc(NCC(=O)O)c1. The summed E-state index contributed by atoms with van der Waals surface area (Å²) in [6.07, 6.45) is 1.51. The minimum absolute atomic E-state index is 0.156. The van der Waals surface area contributed by atoms with E-state index in [9.17, 15) is 4.79 Å². The van der Waals surface area contributed by atoms with Gasteiger partial charge in [0.2, 0.25) is 0 Å². The van der Waals surface area contributed by atoms with Gasteiger partial charge in [-0.15, -0.1) is 0 Å². The molecule has 4 N–H and O–H groups in total. The quantitative estimate of drug-likeness (QED) is 0.596. The lowest BCUT2D eigenvalue weighted by Crippen LogP contribution is -2.13. The summed E-state index contributed by atoms with van der Waals surface area (Å²) in [6.45, 7) is -0.156. The van der Waals surface area contributed by atoms with Crippen molar-refractivity contribution in [2.45, 2.75) is 0 Å². The topological polar surface area (TPSA) is 88.2 Å². The van der Waals surface area contributed by atoms with Crippen molar-refractivity contribution < 1.29 is 9.90 Å². The van der Waals surface area contributed by atoms with E-state index in [2.05, 4.69) is 10.3 Å². The Morgan fingerprint density at radius 2 is 2.50 bits per heavy atom.